The molecule has 2 unspecified atom stereocenters. The second-order valence-corrected chi connectivity index (χ2v) is 9.18. The Morgan fingerprint density at radius 2 is 1.82 bits per heavy atom. The largest absolute Gasteiger partial charge is 0.369 e. The number of rotatable bonds is 4. The Morgan fingerprint density at radius 1 is 1.18 bits per heavy atom. The maximum Gasteiger partial charge on any atom is 0.223 e. The third kappa shape index (κ3) is 1.97. The Bertz CT molecular complexity index is 568. The smallest absolute Gasteiger partial charge is 0.223 e. The van der Waals surface area contributed by atoms with E-state index in [-0.39, 0.29) is 16.7 Å². The van der Waals surface area contributed by atoms with Gasteiger partial charge in [-0.25, -0.2) is 0 Å². The van der Waals surface area contributed by atoms with Crippen LogP contribution in [0.4, 0.5) is 0 Å². The first-order chi connectivity index (χ1) is 10.6. The van der Waals surface area contributed by atoms with E-state index in [2.05, 4.69) is 49.0 Å². The van der Waals surface area contributed by atoms with Crippen LogP contribution in [0.15, 0.2) is 30.3 Å². The summed E-state index contributed by atoms with van der Waals surface area (Å²) in [6.45, 7) is 2.26. The number of carbonyl (C=O) groups excluding carboxylic acids is 1. The van der Waals surface area contributed by atoms with Gasteiger partial charge < -0.3 is 5.73 Å². The number of amides is 1. The molecule has 1 aromatic carbocycles. The van der Waals surface area contributed by atoms with Gasteiger partial charge in [-0.2, -0.15) is 11.8 Å². The molecule has 1 aromatic rings. The fraction of sp³-hybridized carbons (Fsp3) is 0.632. The van der Waals surface area contributed by atoms with Crippen molar-refractivity contribution in [1.29, 1.82) is 0 Å². The molecule has 4 aliphatic carbocycles. The normalized spacial score (nSPS) is 42.5. The first-order valence-electron chi connectivity index (χ1n) is 8.56. The Kier molecular flexibility index (Phi) is 3.34. The number of hydrogen-bond donors (Lipinski definition) is 1. The lowest BCUT2D eigenvalue weighted by Gasteiger charge is -2.64. The summed E-state index contributed by atoms with van der Waals surface area (Å²) in [5, 5.41) is 0.745. The highest BCUT2D eigenvalue weighted by molar-refractivity contribution is 7.99. The van der Waals surface area contributed by atoms with Gasteiger partial charge in [0.05, 0.1) is 5.41 Å². The van der Waals surface area contributed by atoms with E-state index in [4.69, 9.17) is 5.73 Å². The molecular formula is C19H25NOS. The zero-order chi connectivity index (χ0) is 15.4. The van der Waals surface area contributed by atoms with Crippen LogP contribution in [0.5, 0.6) is 0 Å². The van der Waals surface area contributed by atoms with Crippen LogP contribution < -0.4 is 5.73 Å². The zero-order valence-electron chi connectivity index (χ0n) is 13.3. The lowest BCUT2D eigenvalue weighted by molar-refractivity contribution is -0.144. The summed E-state index contributed by atoms with van der Waals surface area (Å²) in [5.41, 5.74) is 7.31. The van der Waals surface area contributed by atoms with Crippen LogP contribution in [-0.4, -0.2) is 16.9 Å². The lowest BCUT2D eigenvalue weighted by Crippen LogP contribution is -2.62. The van der Waals surface area contributed by atoms with E-state index in [0.29, 0.717) is 11.8 Å². The van der Waals surface area contributed by atoms with Gasteiger partial charge in [-0.3, -0.25) is 4.79 Å². The molecule has 0 aromatic heterocycles. The van der Waals surface area contributed by atoms with Crippen molar-refractivity contribution in [3.8, 4) is 0 Å². The van der Waals surface area contributed by atoms with Crippen molar-refractivity contribution in [2.75, 3.05) is 5.75 Å². The van der Waals surface area contributed by atoms with Crippen LogP contribution >= 0.6 is 11.8 Å². The molecule has 2 nitrogen and oxygen atoms in total. The van der Waals surface area contributed by atoms with Crippen LogP contribution in [0.1, 0.15) is 44.6 Å². The standard InChI is InChI=1S/C19H25NOS/c1-2-22-16-13-8-18(15-6-4-3-5-7-15)9-14(16)11-19(10-13,12-18)17(20)21/h3-7,13-14,16H,2,8-12H2,1H3,(H2,20,21). The summed E-state index contributed by atoms with van der Waals surface area (Å²) < 4.78 is 0. The Hall–Kier alpha value is -0.960. The molecule has 0 saturated heterocycles. The third-order valence-electron chi connectivity index (χ3n) is 6.49. The van der Waals surface area contributed by atoms with Crippen molar-refractivity contribution in [2.45, 2.75) is 49.7 Å². The minimum Gasteiger partial charge on any atom is -0.369 e. The maximum atomic E-state index is 12.3. The van der Waals surface area contributed by atoms with Crippen molar-refractivity contribution in [3.05, 3.63) is 35.9 Å². The highest BCUT2D eigenvalue weighted by atomic mass is 32.2. The number of thioether (sulfide) groups is 1. The van der Waals surface area contributed by atoms with Gasteiger partial charge in [0.2, 0.25) is 5.91 Å². The second kappa shape index (κ2) is 5.02. The lowest BCUT2D eigenvalue weighted by atomic mass is 9.42. The van der Waals surface area contributed by atoms with Crippen LogP contribution in [-0.2, 0) is 10.2 Å². The van der Waals surface area contributed by atoms with Crippen LogP contribution in [0.2, 0.25) is 0 Å². The molecule has 4 fully saturated rings. The minimum absolute atomic E-state index is 0.0397. The molecule has 4 bridgehead atoms. The van der Waals surface area contributed by atoms with Crippen molar-refractivity contribution in [2.24, 2.45) is 23.0 Å². The van der Waals surface area contributed by atoms with E-state index in [0.717, 1.165) is 24.5 Å². The summed E-state index contributed by atoms with van der Waals surface area (Å²) in [7, 11) is 0. The molecule has 2 atom stereocenters. The van der Waals surface area contributed by atoms with Gasteiger partial charge in [0.15, 0.2) is 0 Å². The van der Waals surface area contributed by atoms with Gasteiger partial charge in [-0.15, -0.1) is 0 Å². The molecule has 118 valence electrons. The Balaban J connectivity index is 1.76. The maximum absolute atomic E-state index is 12.3. The number of hydrogen-bond acceptors (Lipinski definition) is 2. The Labute approximate surface area is 137 Å². The first-order valence-corrected chi connectivity index (χ1v) is 9.60. The second-order valence-electron chi connectivity index (χ2n) is 7.72. The minimum atomic E-state index is -0.230. The highest BCUT2D eigenvalue weighted by Gasteiger charge is 2.63. The van der Waals surface area contributed by atoms with Gasteiger partial charge in [0.1, 0.15) is 0 Å². The summed E-state index contributed by atoms with van der Waals surface area (Å²) in [6.07, 6.45) is 5.55. The van der Waals surface area contributed by atoms with Crippen molar-refractivity contribution in [1.82, 2.24) is 0 Å². The molecule has 1 amide bonds. The molecule has 0 heterocycles. The number of benzene rings is 1. The molecule has 0 spiro atoms. The average molecular weight is 315 g/mol. The topological polar surface area (TPSA) is 43.1 Å². The molecule has 3 heteroatoms. The van der Waals surface area contributed by atoms with Gasteiger partial charge in [0.25, 0.3) is 0 Å². The quantitative estimate of drug-likeness (QED) is 0.919. The summed E-state index contributed by atoms with van der Waals surface area (Å²) in [5.74, 6) is 2.47. The first kappa shape index (κ1) is 14.6. The molecule has 0 radical (unpaired) electrons. The van der Waals surface area contributed by atoms with Crippen molar-refractivity contribution < 1.29 is 4.79 Å². The SMILES string of the molecule is CCSC1C2CC3(C(N)=O)CC1CC(c1ccccc1)(C2)C3. The van der Waals surface area contributed by atoms with Crippen molar-refractivity contribution >= 4 is 17.7 Å². The van der Waals surface area contributed by atoms with Gasteiger partial charge in [-0.1, -0.05) is 37.3 Å². The predicted octanol–water partition coefficient (Wildman–Crippen LogP) is 3.74. The molecule has 4 aliphatic rings. The number of carbonyl (C=O) groups is 1. The van der Waals surface area contributed by atoms with E-state index in [1.807, 2.05) is 0 Å². The highest BCUT2D eigenvalue weighted by Crippen LogP contribution is 2.67. The molecule has 5 rings (SSSR count). The van der Waals surface area contributed by atoms with Crippen LogP contribution in [0.3, 0.4) is 0 Å². The fourth-order valence-electron chi connectivity index (χ4n) is 5.99. The Morgan fingerprint density at radius 3 is 2.36 bits per heavy atom. The van der Waals surface area contributed by atoms with E-state index >= 15 is 0 Å². The number of primary amides is 1. The fourth-order valence-corrected chi connectivity index (χ4v) is 7.30. The average Bonchev–Trinajstić information content (AvgIpc) is 2.51. The van der Waals surface area contributed by atoms with E-state index < -0.39 is 0 Å². The molecular weight excluding hydrogens is 290 g/mol. The van der Waals surface area contributed by atoms with Gasteiger partial charge in [-0.05, 0) is 60.7 Å². The summed E-state index contributed by atoms with van der Waals surface area (Å²) >= 11 is 2.12. The van der Waals surface area contributed by atoms with Gasteiger partial charge in [0, 0.05) is 5.25 Å². The molecule has 2 N–H and O–H groups in total. The third-order valence-corrected chi connectivity index (χ3v) is 7.97. The van der Waals surface area contributed by atoms with Gasteiger partial charge >= 0.3 is 0 Å². The van der Waals surface area contributed by atoms with E-state index in [1.54, 1.807) is 0 Å². The molecule has 4 saturated carbocycles. The predicted molar refractivity (Wildman–Crippen MR) is 91.7 cm³/mol. The monoisotopic (exact) mass is 315 g/mol. The van der Waals surface area contributed by atoms with Crippen LogP contribution in [0.25, 0.3) is 0 Å². The van der Waals surface area contributed by atoms with Crippen molar-refractivity contribution in [3.63, 3.8) is 0 Å². The van der Waals surface area contributed by atoms with Crippen LogP contribution in [0, 0.1) is 17.3 Å². The van der Waals surface area contributed by atoms with E-state index in [9.17, 15) is 4.79 Å². The molecule has 0 aliphatic heterocycles. The molecule has 22 heavy (non-hydrogen) atoms. The zero-order valence-corrected chi connectivity index (χ0v) is 14.1. The number of nitrogens with two attached hydrogens (primary N) is 1. The summed E-state index contributed by atoms with van der Waals surface area (Å²) in [6, 6.07) is 10.9. The summed E-state index contributed by atoms with van der Waals surface area (Å²) in [4.78, 5) is 12.3. The van der Waals surface area contributed by atoms with E-state index in [1.165, 1.54) is 24.2 Å².